The number of nitrogens with zero attached hydrogens (tertiary/aromatic N) is 2. The average Bonchev–Trinajstić information content (AvgIpc) is 3.05. The Kier molecular flexibility index (Phi) is 3.68. The van der Waals surface area contributed by atoms with Crippen LogP contribution in [0.1, 0.15) is 33.9 Å². The van der Waals surface area contributed by atoms with Crippen LogP contribution in [-0.4, -0.2) is 21.9 Å². The van der Waals surface area contributed by atoms with E-state index in [0.29, 0.717) is 4.68 Å². The third-order valence-electron chi connectivity index (χ3n) is 3.38. The fourth-order valence-electron chi connectivity index (χ4n) is 2.40. The summed E-state index contributed by atoms with van der Waals surface area (Å²) in [6.07, 6.45) is -4.81. The second-order valence-corrected chi connectivity index (χ2v) is 6.52. The number of aromatic nitrogens is 2. The Morgan fingerprint density at radius 3 is 2.82 bits per heavy atom. The molecule has 0 amide bonds. The SMILES string of the molecule is O=C([O-])c1nn2c(c1Br)N[C@@H](c1cccs1)C[C@H]2C(F)(F)F. The molecule has 1 aliphatic rings. The Bertz CT molecular complexity index is 714. The highest BCUT2D eigenvalue weighted by Gasteiger charge is 2.47. The normalized spacial score (nSPS) is 21.3. The number of anilines is 1. The standard InChI is InChI=1S/C12H9BrF3N3O2S/c13-8-9(11(20)21)18-19-7(12(14,15)16)4-5(17-10(8)19)6-2-1-3-22-6/h1-3,5,7,17H,4H2,(H,20,21)/p-1/t5-,7+/m1/s1. The highest BCUT2D eigenvalue weighted by Crippen LogP contribution is 2.46. The maximum Gasteiger partial charge on any atom is 0.410 e. The van der Waals surface area contributed by atoms with Gasteiger partial charge in [0.05, 0.1) is 16.5 Å². The van der Waals surface area contributed by atoms with Crippen LogP contribution >= 0.6 is 27.3 Å². The molecule has 1 N–H and O–H groups in total. The second-order valence-electron chi connectivity index (χ2n) is 4.75. The summed E-state index contributed by atoms with van der Waals surface area (Å²) in [4.78, 5) is 11.7. The van der Waals surface area contributed by atoms with E-state index >= 15 is 0 Å². The molecule has 0 aromatic carbocycles. The van der Waals surface area contributed by atoms with Gasteiger partial charge in [-0.3, -0.25) is 0 Å². The molecule has 3 heterocycles. The van der Waals surface area contributed by atoms with E-state index in [1.165, 1.54) is 11.3 Å². The molecule has 118 valence electrons. The number of hydrogen-bond acceptors (Lipinski definition) is 5. The molecular weight excluding hydrogens is 387 g/mol. The van der Waals surface area contributed by atoms with Gasteiger partial charge >= 0.3 is 6.18 Å². The van der Waals surface area contributed by atoms with Gasteiger partial charge in [0.25, 0.3) is 0 Å². The number of nitrogens with one attached hydrogen (secondary N) is 1. The van der Waals surface area contributed by atoms with Gasteiger partial charge in [-0.25, -0.2) is 4.68 Å². The van der Waals surface area contributed by atoms with Gasteiger partial charge in [0.15, 0.2) is 6.04 Å². The first kappa shape index (κ1) is 15.3. The van der Waals surface area contributed by atoms with Crippen LogP contribution in [0.5, 0.6) is 0 Å². The maximum absolute atomic E-state index is 13.3. The second kappa shape index (κ2) is 5.27. The zero-order chi connectivity index (χ0) is 16.1. The number of fused-ring (bicyclic) bond motifs is 1. The Balaban J connectivity index is 2.10. The summed E-state index contributed by atoms with van der Waals surface area (Å²) in [5, 5.41) is 19.2. The van der Waals surface area contributed by atoms with Crippen LogP contribution in [-0.2, 0) is 0 Å². The molecule has 0 saturated heterocycles. The number of rotatable bonds is 2. The molecule has 2 aromatic rings. The van der Waals surface area contributed by atoms with Crippen LogP contribution in [0.2, 0.25) is 0 Å². The molecule has 2 atom stereocenters. The van der Waals surface area contributed by atoms with Crippen molar-refractivity contribution in [3.8, 4) is 0 Å². The molecule has 1 aliphatic heterocycles. The molecular formula is C12H8BrF3N3O2S-. The van der Waals surface area contributed by atoms with Gasteiger partial charge in [-0.15, -0.1) is 11.3 Å². The van der Waals surface area contributed by atoms with Crippen molar-refractivity contribution in [3.05, 3.63) is 32.6 Å². The van der Waals surface area contributed by atoms with E-state index in [4.69, 9.17) is 0 Å². The highest BCUT2D eigenvalue weighted by atomic mass is 79.9. The Morgan fingerprint density at radius 1 is 1.55 bits per heavy atom. The van der Waals surface area contributed by atoms with E-state index in [2.05, 4.69) is 26.3 Å². The van der Waals surface area contributed by atoms with Gasteiger partial charge in [-0.1, -0.05) is 6.07 Å². The van der Waals surface area contributed by atoms with Gasteiger partial charge in [-0.2, -0.15) is 18.3 Å². The van der Waals surface area contributed by atoms with E-state index in [1.54, 1.807) is 17.5 Å². The zero-order valence-electron chi connectivity index (χ0n) is 10.7. The van der Waals surface area contributed by atoms with E-state index in [1.807, 2.05) is 0 Å². The van der Waals surface area contributed by atoms with Crippen molar-refractivity contribution in [2.24, 2.45) is 0 Å². The van der Waals surface area contributed by atoms with E-state index in [9.17, 15) is 23.1 Å². The van der Waals surface area contributed by atoms with Crippen molar-refractivity contribution in [1.29, 1.82) is 0 Å². The van der Waals surface area contributed by atoms with E-state index in [-0.39, 0.29) is 16.7 Å². The topological polar surface area (TPSA) is 70.0 Å². The lowest BCUT2D eigenvalue weighted by atomic mass is 10.0. The molecule has 0 fully saturated rings. The predicted molar refractivity (Wildman–Crippen MR) is 74.6 cm³/mol. The molecule has 0 aliphatic carbocycles. The van der Waals surface area contributed by atoms with E-state index in [0.717, 1.165) is 4.88 Å². The molecule has 0 saturated carbocycles. The van der Waals surface area contributed by atoms with Crippen molar-refractivity contribution < 1.29 is 23.1 Å². The fourth-order valence-corrected chi connectivity index (χ4v) is 3.72. The first-order valence-corrected chi connectivity index (χ1v) is 7.82. The summed E-state index contributed by atoms with van der Waals surface area (Å²) in [5.74, 6) is -1.64. The highest BCUT2D eigenvalue weighted by molar-refractivity contribution is 9.10. The molecule has 22 heavy (non-hydrogen) atoms. The molecule has 10 heteroatoms. The first-order valence-electron chi connectivity index (χ1n) is 6.15. The van der Waals surface area contributed by atoms with Crippen molar-refractivity contribution in [3.63, 3.8) is 0 Å². The molecule has 2 aromatic heterocycles. The lowest BCUT2D eigenvalue weighted by molar-refractivity contribution is -0.255. The van der Waals surface area contributed by atoms with Gasteiger partial charge < -0.3 is 15.2 Å². The number of aromatic carboxylic acids is 1. The summed E-state index contributed by atoms with van der Waals surface area (Å²) in [6, 6.07) is 1.01. The van der Waals surface area contributed by atoms with Crippen LogP contribution in [0.4, 0.5) is 19.0 Å². The van der Waals surface area contributed by atoms with Crippen LogP contribution < -0.4 is 10.4 Å². The van der Waals surface area contributed by atoms with Crippen LogP contribution in [0.25, 0.3) is 0 Å². The van der Waals surface area contributed by atoms with E-state index < -0.39 is 29.9 Å². The van der Waals surface area contributed by atoms with Crippen LogP contribution in [0.15, 0.2) is 22.0 Å². The predicted octanol–water partition coefficient (Wildman–Crippen LogP) is 2.73. The minimum Gasteiger partial charge on any atom is -0.543 e. The zero-order valence-corrected chi connectivity index (χ0v) is 13.1. The maximum atomic E-state index is 13.3. The number of thiophene rings is 1. The number of alkyl halides is 3. The summed E-state index contributed by atoms with van der Waals surface area (Å²) < 4.78 is 40.6. The number of carbonyl (C=O) groups excluding carboxylic acids is 1. The lowest BCUT2D eigenvalue weighted by Gasteiger charge is -2.33. The van der Waals surface area contributed by atoms with Gasteiger partial charge in [0.2, 0.25) is 0 Å². The third kappa shape index (κ3) is 2.50. The van der Waals surface area contributed by atoms with Crippen molar-refractivity contribution in [2.75, 3.05) is 5.32 Å². The largest absolute Gasteiger partial charge is 0.543 e. The molecule has 3 rings (SSSR count). The summed E-state index contributed by atoms with van der Waals surface area (Å²) in [7, 11) is 0. The number of carboxylic acids is 1. The molecule has 0 radical (unpaired) electrons. The first-order chi connectivity index (χ1) is 10.3. The Labute approximate surface area is 134 Å². The number of hydrogen-bond donors (Lipinski definition) is 1. The van der Waals surface area contributed by atoms with Crippen molar-refractivity contribution in [1.82, 2.24) is 9.78 Å². The fraction of sp³-hybridized carbons (Fsp3) is 0.333. The number of carboxylic acid groups (broad SMARTS) is 1. The summed E-state index contributed by atoms with van der Waals surface area (Å²) in [6.45, 7) is 0. The van der Waals surface area contributed by atoms with Crippen molar-refractivity contribution >= 4 is 39.1 Å². The van der Waals surface area contributed by atoms with Gasteiger partial charge in [0.1, 0.15) is 11.5 Å². The number of carbonyl (C=O) groups is 1. The minimum atomic E-state index is -4.54. The average molecular weight is 395 g/mol. The van der Waals surface area contributed by atoms with Gasteiger partial charge in [0, 0.05) is 11.3 Å². The Hall–Kier alpha value is -1.55. The van der Waals surface area contributed by atoms with Gasteiger partial charge in [-0.05, 0) is 27.4 Å². The van der Waals surface area contributed by atoms with Crippen molar-refractivity contribution in [2.45, 2.75) is 24.7 Å². The smallest absolute Gasteiger partial charge is 0.410 e. The Morgan fingerprint density at radius 2 is 2.27 bits per heavy atom. The lowest BCUT2D eigenvalue weighted by Crippen LogP contribution is -2.35. The molecule has 0 bridgehead atoms. The summed E-state index contributed by atoms with van der Waals surface area (Å²) in [5.41, 5.74) is -0.552. The monoisotopic (exact) mass is 394 g/mol. The van der Waals surface area contributed by atoms with Crippen LogP contribution in [0, 0.1) is 0 Å². The third-order valence-corrected chi connectivity index (χ3v) is 5.11. The number of halogens is 4. The summed E-state index contributed by atoms with van der Waals surface area (Å²) >= 11 is 4.32. The van der Waals surface area contributed by atoms with Crippen LogP contribution in [0.3, 0.4) is 0 Å². The molecule has 0 spiro atoms. The minimum absolute atomic E-state index is 0.00817. The quantitative estimate of drug-likeness (QED) is 0.849. The molecule has 0 unspecified atom stereocenters. The molecule has 5 nitrogen and oxygen atoms in total.